The fraction of sp³-hybridized carbons (Fsp3) is 0.667. The van der Waals surface area contributed by atoms with Gasteiger partial charge in [0.05, 0.1) is 6.04 Å². The summed E-state index contributed by atoms with van der Waals surface area (Å²) < 4.78 is 4.64. The van der Waals surface area contributed by atoms with Crippen molar-refractivity contribution in [2.24, 2.45) is 0 Å². The van der Waals surface area contributed by atoms with Crippen LogP contribution >= 0.6 is 0 Å². The van der Waals surface area contributed by atoms with E-state index < -0.39 is 5.97 Å². The summed E-state index contributed by atoms with van der Waals surface area (Å²) in [4.78, 5) is 16.6. The molecule has 0 amide bonds. The van der Waals surface area contributed by atoms with Crippen LogP contribution in [0.2, 0.25) is 0 Å². The minimum Gasteiger partial charge on any atom is -0.474 e. The fourth-order valence-electron chi connectivity index (χ4n) is 1.86. The molecule has 2 heterocycles. The van der Waals surface area contributed by atoms with E-state index in [2.05, 4.69) is 19.6 Å². The predicted octanol–water partition coefficient (Wildman–Crippen LogP) is 0.925. The molecule has 82 valence electrons. The lowest BCUT2D eigenvalue weighted by Crippen LogP contribution is -2.30. The van der Waals surface area contributed by atoms with Crippen LogP contribution in [0.5, 0.6) is 0 Å². The molecule has 1 unspecified atom stereocenters. The molecule has 0 aromatic carbocycles. The number of likely N-dealkylation sites (tertiary alicyclic amines) is 1. The maximum atomic E-state index is 10.6. The number of aromatic carboxylic acids is 1. The summed E-state index contributed by atoms with van der Waals surface area (Å²) in [6, 6.07) is 0.0931. The summed E-state index contributed by atoms with van der Waals surface area (Å²) >= 11 is 0. The molecule has 6 nitrogen and oxygen atoms in total. The van der Waals surface area contributed by atoms with Crippen LogP contribution in [0.25, 0.3) is 0 Å². The second-order valence-electron chi connectivity index (χ2n) is 3.76. The van der Waals surface area contributed by atoms with E-state index in [1.165, 1.54) is 0 Å². The topological polar surface area (TPSA) is 79.5 Å². The van der Waals surface area contributed by atoms with E-state index in [1.54, 1.807) is 0 Å². The van der Waals surface area contributed by atoms with Gasteiger partial charge in [-0.3, -0.25) is 4.90 Å². The third-order valence-corrected chi connectivity index (χ3v) is 2.69. The van der Waals surface area contributed by atoms with Gasteiger partial charge in [0, 0.05) is 0 Å². The molecule has 2 rings (SSSR count). The summed E-state index contributed by atoms with van der Waals surface area (Å²) in [5, 5.41) is 12.4. The molecule has 1 saturated heterocycles. The highest BCUT2D eigenvalue weighted by Crippen LogP contribution is 2.27. The molecule has 0 saturated carbocycles. The monoisotopic (exact) mass is 211 g/mol. The van der Waals surface area contributed by atoms with Gasteiger partial charge in [0.25, 0.3) is 0 Å². The summed E-state index contributed by atoms with van der Waals surface area (Å²) in [7, 11) is 1.99. The molecular weight excluding hydrogens is 198 g/mol. The van der Waals surface area contributed by atoms with Gasteiger partial charge in [-0.1, -0.05) is 11.6 Å². The second-order valence-corrected chi connectivity index (χ2v) is 3.76. The van der Waals surface area contributed by atoms with Gasteiger partial charge < -0.3 is 9.63 Å². The van der Waals surface area contributed by atoms with Crippen LogP contribution in [0, 0.1) is 0 Å². The highest BCUT2D eigenvalue weighted by molar-refractivity contribution is 5.81. The van der Waals surface area contributed by atoms with E-state index in [4.69, 9.17) is 5.11 Å². The summed E-state index contributed by atoms with van der Waals surface area (Å²) in [6.45, 7) is 0.988. The Labute approximate surface area is 86.9 Å². The summed E-state index contributed by atoms with van der Waals surface area (Å²) in [6.07, 6.45) is 3.23. The molecular formula is C9H13N3O3. The number of hydrogen-bond acceptors (Lipinski definition) is 5. The number of aromatic nitrogens is 2. The molecule has 1 N–H and O–H groups in total. The molecule has 1 aromatic rings. The van der Waals surface area contributed by atoms with Crippen LogP contribution in [-0.4, -0.2) is 39.7 Å². The number of nitrogens with zero attached hydrogens (tertiary/aromatic N) is 3. The molecule has 0 aliphatic carbocycles. The minimum absolute atomic E-state index is 0.0931. The first-order valence-corrected chi connectivity index (χ1v) is 4.95. The van der Waals surface area contributed by atoms with E-state index >= 15 is 0 Å². The normalized spacial score (nSPS) is 22.9. The van der Waals surface area contributed by atoms with Crippen LogP contribution in [0.15, 0.2) is 4.52 Å². The Morgan fingerprint density at radius 3 is 3.00 bits per heavy atom. The van der Waals surface area contributed by atoms with E-state index in [9.17, 15) is 4.79 Å². The lowest BCUT2D eigenvalue weighted by molar-refractivity contribution is 0.0643. The Morgan fingerprint density at radius 2 is 2.40 bits per heavy atom. The highest BCUT2D eigenvalue weighted by Gasteiger charge is 2.26. The lowest BCUT2D eigenvalue weighted by atomic mass is 10.0. The van der Waals surface area contributed by atoms with Crippen LogP contribution in [0.4, 0.5) is 0 Å². The standard InChI is InChI=1S/C9H13N3O3/c1-12-5-3-2-4-6(12)7-10-8(9(13)14)15-11-7/h6H,2-5H2,1H3,(H,13,14). The number of hydrogen-bond donors (Lipinski definition) is 1. The zero-order valence-electron chi connectivity index (χ0n) is 8.51. The number of piperidine rings is 1. The van der Waals surface area contributed by atoms with Gasteiger partial charge in [0.1, 0.15) is 0 Å². The highest BCUT2D eigenvalue weighted by atomic mass is 16.5. The van der Waals surface area contributed by atoms with Crippen molar-refractivity contribution in [2.45, 2.75) is 25.3 Å². The van der Waals surface area contributed by atoms with Crippen LogP contribution in [0.3, 0.4) is 0 Å². The number of rotatable bonds is 2. The molecule has 15 heavy (non-hydrogen) atoms. The summed E-state index contributed by atoms with van der Waals surface area (Å²) in [5.74, 6) is -1.02. The molecule has 1 aliphatic heterocycles. The van der Waals surface area contributed by atoms with Gasteiger partial charge in [-0.15, -0.1) is 0 Å². The van der Waals surface area contributed by atoms with E-state index in [0.717, 1.165) is 25.8 Å². The average Bonchev–Trinajstić information content (AvgIpc) is 2.67. The Hall–Kier alpha value is -1.43. The summed E-state index contributed by atoms with van der Waals surface area (Å²) in [5.41, 5.74) is 0. The van der Waals surface area contributed by atoms with Gasteiger partial charge in [-0.2, -0.15) is 4.98 Å². The maximum Gasteiger partial charge on any atom is 0.394 e. The number of carboxylic acid groups (broad SMARTS) is 1. The second kappa shape index (κ2) is 3.98. The van der Waals surface area contributed by atoms with Crippen molar-refractivity contribution in [1.29, 1.82) is 0 Å². The Balaban J connectivity index is 2.17. The molecule has 0 radical (unpaired) electrons. The SMILES string of the molecule is CN1CCCCC1c1noc(C(=O)O)n1. The zero-order chi connectivity index (χ0) is 10.8. The van der Waals surface area contributed by atoms with Gasteiger partial charge in [0.15, 0.2) is 5.82 Å². The third kappa shape index (κ3) is 1.99. The first-order valence-electron chi connectivity index (χ1n) is 4.95. The van der Waals surface area contributed by atoms with E-state index in [1.807, 2.05) is 7.05 Å². The predicted molar refractivity (Wildman–Crippen MR) is 50.5 cm³/mol. The van der Waals surface area contributed by atoms with Crippen molar-refractivity contribution < 1.29 is 14.4 Å². The van der Waals surface area contributed by atoms with Crippen molar-refractivity contribution in [3.8, 4) is 0 Å². The van der Waals surface area contributed by atoms with E-state index in [-0.39, 0.29) is 11.9 Å². The lowest BCUT2D eigenvalue weighted by Gasteiger charge is -2.29. The third-order valence-electron chi connectivity index (χ3n) is 2.69. The molecule has 1 atom stereocenters. The van der Waals surface area contributed by atoms with Gasteiger partial charge in [-0.25, -0.2) is 4.79 Å². The van der Waals surface area contributed by atoms with Crippen LogP contribution in [0.1, 0.15) is 41.8 Å². The number of carbonyl (C=O) groups is 1. The molecule has 0 spiro atoms. The Kier molecular flexibility index (Phi) is 2.68. The van der Waals surface area contributed by atoms with Gasteiger partial charge >= 0.3 is 11.9 Å². The van der Waals surface area contributed by atoms with Gasteiger partial charge in [-0.05, 0) is 26.4 Å². The Morgan fingerprint density at radius 1 is 1.60 bits per heavy atom. The molecule has 1 fully saturated rings. The largest absolute Gasteiger partial charge is 0.474 e. The number of carboxylic acids is 1. The minimum atomic E-state index is -1.17. The zero-order valence-corrected chi connectivity index (χ0v) is 8.51. The van der Waals surface area contributed by atoms with Crippen LogP contribution in [-0.2, 0) is 0 Å². The fourth-order valence-corrected chi connectivity index (χ4v) is 1.86. The van der Waals surface area contributed by atoms with Crippen molar-refractivity contribution in [3.63, 3.8) is 0 Å². The van der Waals surface area contributed by atoms with Crippen LogP contribution < -0.4 is 0 Å². The average molecular weight is 211 g/mol. The van der Waals surface area contributed by atoms with Crippen molar-refractivity contribution in [2.75, 3.05) is 13.6 Å². The molecule has 1 aliphatic rings. The first-order chi connectivity index (χ1) is 7.18. The first kappa shape index (κ1) is 10.1. The van der Waals surface area contributed by atoms with Crippen molar-refractivity contribution in [3.05, 3.63) is 11.7 Å². The molecule has 6 heteroatoms. The van der Waals surface area contributed by atoms with Gasteiger partial charge in [0.2, 0.25) is 0 Å². The molecule has 0 bridgehead atoms. The Bertz CT molecular complexity index is 363. The van der Waals surface area contributed by atoms with Crippen molar-refractivity contribution in [1.82, 2.24) is 15.0 Å². The smallest absolute Gasteiger partial charge is 0.394 e. The maximum absolute atomic E-state index is 10.6. The molecule has 1 aromatic heterocycles. The quantitative estimate of drug-likeness (QED) is 0.783. The van der Waals surface area contributed by atoms with Crippen molar-refractivity contribution >= 4 is 5.97 Å². The van der Waals surface area contributed by atoms with E-state index in [0.29, 0.717) is 5.82 Å².